The number of sulfone groups is 1. The highest BCUT2D eigenvalue weighted by atomic mass is 32.2. The average Bonchev–Trinajstić information content (AvgIpc) is 3.14. The number of sulfonamides is 1. The Kier molecular flexibility index (Phi) is 5.88. The lowest BCUT2D eigenvalue weighted by atomic mass is 10.1. The molecule has 154 valence electrons. The molecule has 1 aromatic heterocycles. The maximum absolute atomic E-state index is 13.0. The quantitative estimate of drug-likeness (QED) is 0.704. The number of nitrogens with zero attached hydrogens (tertiary/aromatic N) is 1. The molecule has 0 atom stereocenters. The molecule has 1 saturated heterocycles. The first-order valence-corrected chi connectivity index (χ1v) is 12.2. The first-order chi connectivity index (χ1) is 13.1. The van der Waals surface area contributed by atoms with Gasteiger partial charge in [-0.2, -0.15) is 4.31 Å². The van der Waals surface area contributed by atoms with Crippen LogP contribution in [0.3, 0.4) is 0 Å². The first-order valence-electron chi connectivity index (χ1n) is 9.04. The largest absolute Gasteiger partial charge is 0.496 e. The van der Waals surface area contributed by atoms with Gasteiger partial charge in [0.2, 0.25) is 10.0 Å². The lowest BCUT2D eigenvalue weighted by molar-refractivity contribution is 0.345. The Morgan fingerprint density at radius 2 is 1.71 bits per heavy atom. The van der Waals surface area contributed by atoms with Crippen LogP contribution in [0.25, 0.3) is 0 Å². The van der Waals surface area contributed by atoms with Crippen molar-refractivity contribution in [1.29, 1.82) is 0 Å². The Balaban J connectivity index is 1.73. The van der Waals surface area contributed by atoms with Crippen molar-refractivity contribution < 1.29 is 26.0 Å². The zero-order valence-electron chi connectivity index (χ0n) is 16.2. The third kappa shape index (κ3) is 4.11. The second-order valence-electron chi connectivity index (χ2n) is 7.08. The molecule has 2 heterocycles. The van der Waals surface area contributed by atoms with Gasteiger partial charge in [0.25, 0.3) is 0 Å². The van der Waals surface area contributed by atoms with E-state index in [-0.39, 0.29) is 36.6 Å². The summed E-state index contributed by atoms with van der Waals surface area (Å²) in [4.78, 5) is 0.209. The Bertz CT molecular complexity index is 1010. The van der Waals surface area contributed by atoms with Gasteiger partial charge in [-0.1, -0.05) is 0 Å². The van der Waals surface area contributed by atoms with E-state index >= 15 is 0 Å². The van der Waals surface area contributed by atoms with Crippen molar-refractivity contribution in [2.75, 3.05) is 20.2 Å². The molecule has 0 saturated carbocycles. The van der Waals surface area contributed by atoms with Gasteiger partial charge in [-0.05, 0) is 62.1 Å². The van der Waals surface area contributed by atoms with Crippen LogP contribution in [0.15, 0.2) is 39.8 Å². The molecule has 1 aliphatic rings. The molecule has 0 amide bonds. The Morgan fingerprint density at radius 3 is 2.21 bits per heavy atom. The maximum Gasteiger partial charge on any atom is 0.243 e. The molecule has 9 heteroatoms. The fourth-order valence-electron chi connectivity index (χ4n) is 3.67. The number of ether oxygens (including phenoxy) is 1. The van der Waals surface area contributed by atoms with E-state index in [9.17, 15) is 16.8 Å². The zero-order chi connectivity index (χ0) is 20.5. The standard InChI is InChI=1S/C19H25NO6S2/c1-14-11-18(12-15(2)19(14)25-3)28(23,24)20-8-6-17(7-9-20)27(21,22)13-16-5-4-10-26-16/h4-5,10-12,17H,6-9,13H2,1-3H3. The summed E-state index contributed by atoms with van der Waals surface area (Å²) in [7, 11) is -5.53. The van der Waals surface area contributed by atoms with Gasteiger partial charge in [0.05, 0.1) is 23.5 Å². The van der Waals surface area contributed by atoms with Crippen molar-refractivity contribution in [3.05, 3.63) is 47.4 Å². The fraction of sp³-hybridized carbons (Fsp3) is 0.474. The summed E-state index contributed by atoms with van der Waals surface area (Å²) in [5, 5.41) is -0.566. The summed E-state index contributed by atoms with van der Waals surface area (Å²) in [5.41, 5.74) is 1.49. The third-order valence-electron chi connectivity index (χ3n) is 5.11. The number of hydrogen-bond donors (Lipinski definition) is 0. The van der Waals surface area contributed by atoms with Crippen molar-refractivity contribution in [2.45, 2.75) is 42.6 Å². The number of benzene rings is 1. The number of furan rings is 1. The third-order valence-corrected chi connectivity index (χ3v) is 9.16. The fourth-order valence-corrected chi connectivity index (χ4v) is 7.04. The first kappa shape index (κ1) is 20.9. The predicted molar refractivity (Wildman–Crippen MR) is 106 cm³/mol. The van der Waals surface area contributed by atoms with Gasteiger partial charge in [-0.3, -0.25) is 0 Å². The summed E-state index contributed by atoms with van der Waals surface area (Å²) in [6, 6.07) is 6.48. The van der Waals surface area contributed by atoms with Crippen LogP contribution in [0.4, 0.5) is 0 Å². The molecule has 1 fully saturated rings. The van der Waals surface area contributed by atoms with E-state index in [0.717, 1.165) is 11.1 Å². The second-order valence-corrected chi connectivity index (χ2v) is 11.3. The minimum absolute atomic E-state index is 0.158. The van der Waals surface area contributed by atoms with Crippen LogP contribution in [-0.4, -0.2) is 46.6 Å². The minimum atomic E-state index is -3.69. The van der Waals surface area contributed by atoms with E-state index in [1.54, 1.807) is 45.2 Å². The van der Waals surface area contributed by atoms with Crippen LogP contribution in [0.1, 0.15) is 29.7 Å². The summed E-state index contributed by atoms with van der Waals surface area (Å²) in [6.07, 6.45) is 1.99. The summed E-state index contributed by atoms with van der Waals surface area (Å²) in [5.74, 6) is 0.912. The van der Waals surface area contributed by atoms with Gasteiger partial charge in [-0.15, -0.1) is 0 Å². The molecule has 0 aliphatic carbocycles. The van der Waals surface area contributed by atoms with E-state index in [2.05, 4.69) is 0 Å². The highest BCUT2D eigenvalue weighted by molar-refractivity contribution is 7.91. The Morgan fingerprint density at radius 1 is 1.11 bits per heavy atom. The molecule has 0 bridgehead atoms. The number of piperidine rings is 1. The molecule has 1 aromatic carbocycles. The van der Waals surface area contributed by atoms with Crippen LogP contribution < -0.4 is 4.74 Å². The number of rotatable bonds is 6. The van der Waals surface area contributed by atoms with Gasteiger partial charge in [0.15, 0.2) is 9.84 Å². The van der Waals surface area contributed by atoms with Crippen LogP contribution >= 0.6 is 0 Å². The van der Waals surface area contributed by atoms with E-state index in [1.807, 2.05) is 0 Å². The van der Waals surface area contributed by atoms with Crippen molar-refractivity contribution in [1.82, 2.24) is 4.31 Å². The number of hydrogen-bond acceptors (Lipinski definition) is 6. The Hall–Kier alpha value is -1.84. The van der Waals surface area contributed by atoms with E-state index in [1.165, 1.54) is 10.6 Å². The molecule has 1 aliphatic heterocycles. The van der Waals surface area contributed by atoms with Crippen LogP contribution in [0.5, 0.6) is 5.75 Å². The molecule has 7 nitrogen and oxygen atoms in total. The van der Waals surface area contributed by atoms with E-state index < -0.39 is 25.1 Å². The molecule has 0 N–H and O–H groups in total. The number of aryl methyl sites for hydroxylation is 2. The van der Waals surface area contributed by atoms with Crippen molar-refractivity contribution in [3.63, 3.8) is 0 Å². The average molecular weight is 428 g/mol. The van der Waals surface area contributed by atoms with E-state index in [0.29, 0.717) is 11.5 Å². The minimum Gasteiger partial charge on any atom is -0.496 e. The SMILES string of the molecule is COc1c(C)cc(S(=O)(=O)N2CCC(S(=O)(=O)Cc3ccco3)CC2)cc1C. The van der Waals surface area contributed by atoms with Gasteiger partial charge >= 0.3 is 0 Å². The lowest BCUT2D eigenvalue weighted by Crippen LogP contribution is -2.42. The zero-order valence-corrected chi connectivity index (χ0v) is 17.8. The van der Waals surface area contributed by atoms with Crippen LogP contribution in [-0.2, 0) is 25.6 Å². The molecule has 0 unspecified atom stereocenters. The van der Waals surface area contributed by atoms with Gasteiger partial charge in [0, 0.05) is 13.1 Å². The summed E-state index contributed by atoms with van der Waals surface area (Å²) < 4.78 is 63.1. The molecular weight excluding hydrogens is 402 g/mol. The smallest absolute Gasteiger partial charge is 0.243 e. The predicted octanol–water partition coefficient (Wildman–Crippen LogP) is 2.67. The molecule has 0 radical (unpaired) electrons. The lowest BCUT2D eigenvalue weighted by Gasteiger charge is -2.31. The van der Waals surface area contributed by atoms with Crippen LogP contribution in [0, 0.1) is 13.8 Å². The van der Waals surface area contributed by atoms with Crippen molar-refractivity contribution >= 4 is 19.9 Å². The maximum atomic E-state index is 13.0. The molecular formula is C19H25NO6S2. The van der Waals surface area contributed by atoms with Gasteiger partial charge in [0.1, 0.15) is 17.3 Å². The second kappa shape index (κ2) is 7.88. The van der Waals surface area contributed by atoms with E-state index in [4.69, 9.17) is 9.15 Å². The van der Waals surface area contributed by atoms with Gasteiger partial charge in [-0.25, -0.2) is 16.8 Å². The number of methoxy groups -OCH3 is 1. The normalized spacial score (nSPS) is 17.0. The molecule has 28 heavy (non-hydrogen) atoms. The molecule has 3 rings (SSSR count). The monoisotopic (exact) mass is 427 g/mol. The highest BCUT2D eigenvalue weighted by Crippen LogP contribution is 2.30. The van der Waals surface area contributed by atoms with Crippen molar-refractivity contribution in [3.8, 4) is 5.75 Å². The summed E-state index contributed by atoms with van der Waals surface area (Å²) in [6.45, 7) is 3.96. The summed E-state index contributed by atoms with van der Waals surface area (Å²) >= 11 is 0. The van der Waals surface area contributed by atoms with Gasteiger partial charge < -0.3 is 9.15 Å². The topological polar surface area (TPSA) is 93.9 Å². The molecule has 0 spiro atoms. The Labute approximate surface area is 166 Å². The van der Waals surface area contributed by atoms with Crippen molar-refractivity contribution in [2.24, 2.45) is 0 Å². The van der Waals surface area contributed by atoms with Crippen LogP contribution in [0.2, 0.25) is 0 Å². The molecule has 2 aromatic rings. The highest BCUT2D eigenvalue weighted by Gasteiger charge is 2.35.